The molecule has 0 saturated carbocycles. The summed E-state index contributed by atoms with van der Waals surface area (Å²) in [5, 5.41) is 3.14. The molecule has 2 aromatic heterocycles. The zero-order valence-electron chi connectivity index (χ0n) is 9.85. The molecule has 0 aliphatic carbocycles. The minimum atomic E-state index is 0.602. The van der Waals surface area contributed by atoms with Crippen LogP contribution in [0.1, 0.15) is 6.92 Å². The summed E-state index contributed by atoms with van der Waals surface area (Å²) in [6.07, 6.45) is 3.28. The van der Waals surface area contributed by atoms with Crippen LogP contribution in [0.4, 0.5) is 17.2 Å². The zero-order chi connectivity index (χ0) is 13.0. The second kappa shape index (κ2) is 5.68. The molecule has 0 atom stereocenters. The van der Waals surface area contributed by atoms with Gasteiger partial charge in [-0.1, -0.05) is 0 Å². The van der Waals surface area contributed by atoms with Gasteiger partial charge in [-0.2, -0.15) is 0 Å². The third-order valence-corrected chi connectivity index (χ3v) is 2.76. The Kier molecular flexibility index (Phi) is 3.99. The molecule has 0 fully saturated rings. The van der Waals surface area contributed by atoms with E-state index in [1.54, 1.807) is 24.5 Å². The predicted molar refractivity (Wildman–Crippen MR) is 75.0 cm³/mol. The maximum Gasteiger partial charge on any atom is 0.213 e. The lowest BCUT2D eigenvalue weighted by molar-refractivity contribution is 0.327. The van der Waals surface area contributed by atoms with Crippen molar-refractivity contribution in [2.75, 3.05) is 17.7 Å². The van der Waals surface area contributed by atoms with Gasteiger partial charge < -0.3 is 15.8 Å². The number of hydrogen-bond donors (Lipinski definition) is 2. The maximum atomic E-state index is 5.62. The van der Waals surface area contributed by atoms with E-state index in [9.17, 15) is 0 Å². The first-order valence-electron chi connectivity index (χ1n) is 5.46. The van der Waals surface area contributed by atoms with Crippen LogP contribution in [0.5, 0.6) is 5.88 Å². The Bertz CT molecular complexity index is 530. The SMILES string of the molecule is CCOc1ccc(Nc2ncc(N)cc2Br)cn1. The lowest BCUT2D eigenvalue weighted by atomic mass is 10.3. The predicted octanol–water partition coefficient (Wildman–Crippen LogP) is 2.96. The Morgan fingerprint density at radius 1 is 1.33 bits per heavy atom. The number of nitrogen functional groups attached to an aromatic ring is 1. The van der Waals surface area contributed by atoms with Gasteiger partial charge in [0.05, 0.1) is 34.8 Å². The standard InChI is InChI=1S/C12H13BrN4O/c1-2-18-11-4-3-9(7-15-11)17-12-10(13)5-8(14)6-16-12/h3-7H,2,14H2,1H3,(H,16,17). The van der Waals surface area contributed by atoms with Crippen molar-refractivity contribution in [2.45, 2.75) is 6.92 Å². The first-order chi connectivity index (χ1) is 8.69. The molecule has 2 heterocycles. The lowest BCUT2D eigenvalue weighted by Crippen LogP contribution is -1.98. The van der Waals surface area contributed by atoms with Crippen LogP contribution in [0.25, 0.3) is 0 Å². The smallest absolute Gasteiger partial charge is 0.213 e. The van der Waals surface area contributed by atoms with Gasteiger partial charge in [-0.15, -0.1) is 0 Å². The highest BCUT2D eigenvalue weighted by molar-refractivity contribution is 9.10. The number of halogens is 1. The molecule has 0 amide bonds. The minimum absolute atomic E-state index is 0.602. The van der Waals surface area contributed by atoms with Gasteiger partial charge in [0.2, 0.25) is 5.88 Å². The summed E-state index contributed by atoms with van der Waals surface area (Å²) >= 11 is 3.39. The summed E-state index contributed by atoms with van der Waals surface area (Å²) in [6, 6.07) is 5.47. The summed E-state index contributed by atoms with van der Waals surface area (Å²) in [6.45, 7) is 2.52. The summed E-state index contributed by atoms with van der Waals surface area (Å²) in [5.74, 6) is 1.29. The second-order valence-electron chi connectivity index (χ2n) is 3.54. The number of ether oxygens (including phenoxy) is 1. The topological polar surface area (TPSA) is 73.1 Å². The number of aromatic nitrogens is 2. The van der Waals surface area contributed by atoms with Gasteiger partial charge in [0, 0.05) is 6.07 Å². The number of anilines is 3. The number of nitrogens with zero attached hydrogens (tertiary/aromatic N) is 2. The summed E-state index contributed by atoms with van der Waals surface area (Å²) in [7, 11) is 0. The summed E-state index contributed by atoms with van der Waals surface area (Å²) in [5.41, 5.74) is 7.06. The molecule has 0 spiro atoms. The van der Waals surface area contributed by atoms with Gasteiger partial charge in [-0.05, 0) is 35.0 Å². The van der Waals surface area contributed by atoms with E-state index in [4.69, 9.17) is 10.5 Å². The van der Waals surface area contributed by atoms with Gasteiger partial charge >= 0.3 is 0 Å². The van der Waals surface area contributed by atoms with E-state index < -0.39 is 0 Å². The Morgan fingerprint density at radius 3 is 2.78 bits per heavy atom. The van der Waals surface area contributed by atoms with Gasteiger partial charge in [-0.25, -0.2) is 9.97 Å². The second-order valence-corrected chi connectivity index (χ2v) is 4.40. The summed E-state index contributed by atoms with van der Waals surface area (Å²) in [4.78, 5) is 8.35. The highest BCUT2D eigenvalue weighted by Gasteiger charge is 2.03. The van der Waals surface area contributed by atoms with Gasteiger partial charge in [-0.3, -0.25) is 0 Å². The molecule has 0 aliphatic heterocycles. The Labute approximate surface area is 114 Å². The Hall–Kier alpha value is -1.82. The van der Waals surface area contributed by atoms with Crippen LogP contribution >= 0.6 is 15.9 Å². The van der Waals surface area contributed by atoms with E-state index in [1.807, 2.05) is 13.0 Å². The van der Waals surface area contributed by atoms with Crippen molar-refractivity contribution in [3.63, 3.8) is 0 Å². The number of rotatable bonds is 4. The quantitative estimate of drug-likeness (QED) is 0.908. The first kappa shape index (κ1) is 12.6. The van der Waals surface area contributed by atoms with Gasteiger partial charge in [0.15, 0.2) is 0 Å². The van der Waals surface area contributed by atoms with Crippen LogP contribution in [-0.4, -0.2) is 16.6 Å². The monoisotopic (exact) mass is 308 g/mol. The molecule has 2 rings (SSSR count). The highest BCUT2D eigenvalue weighted by Crippen LogP contribution is 2.25. The maximum absolute atomic E-state index is 5.62. The molecule has 3 N–H and O–H groups in total. The van der Waals surface area contributed by atoms with Crippen LogP contribution in [-0.2, 0) is 0 Å². The van der Waals surface area contributed by atoms with Crippen LogP contribution in [0.15, 0.2) is 35.1 Å². The molecule has 0 bridgehead atoms. The number of nitrogens with two attached hydrogens (primary N) is 1. The van der Waals surface area contributed by atoms with E-state index in [1.165, 1.54) is 0 Å². The van der Waals surface area contributed by atoms with Crippen molar-refractivity contribution >= 4 is 33.1 Å². The van der Waals surface area contributed by atoms with Crippen LogP contribution in [0.3, 0.4) is 0 Å². The molecule has 5 nitrogen and oxygen atoms in total. The lowest BCUT2D eigenvalue weighted by Gasteiger charge is -2.08. The largest absolute Gasteiger partial charge is 0.478 e. The van der Waals surface area contributed by atoms with Gasteiger partial charge in [0.1, 0.15) is 5.82 Å². The van der Waals surface area contributed by atoms with Crippen LogP contribution in [0.2, 0.25) is 0 Å². The molecule has 0 radical (unpaired) electrons. The van der Waals surface area contributed by atoms with Crippen molar-refractivity contribution in [2.24, 2.45) is 0 Å². The average molecular weight is 309 g/mol. The minimum Gasteiger partial charge on any atom is -0.478 e. The van der Waals surface area contributed by atoms with E-state index in [0.29, 0.717) is 24.0 Å². The first-order valence-corrected chi connectivity index (χ1v) is 6.25. The molecule has 6 heteroatoms. The van der Waals surface area contributed by atoms with Crippen molar-refractivity contribution in [1.29, 1.82) is 0 Å². The molecular weight excluding hydrogens is 296 g/mol. The third kappa shape index (κ3) is 3.10. The molecule has 18 heavy (non-hydrogen) atoms. The molecule has 0 saturated heterocycles. The van der Waals surface area contributed by atoms with Crippen molar-refractivity contribution in [3.05, 3.63) is 35.1 Å². The average Bonchev–Trinajstić information content (AvgIpc) is 2.35. The van der Waals surface area contributed by atoms with Crippen molar-refractivity contribution in [1.82, 2.24) is 9.97 Å². The van der Waals surface area contributed by atoms with Crippen molar-refractivity contribution < 1.29 is 4.74 Å². The zero-order valence-corrected chi connectivity index (χ0v) is 11.4. The highest BCUT2D eigenvalue weighted by atomic mass is 79.9. The summed E-state index contributed by atoms with van der Waals surface area (Å²) < 4.78 is 6.07. The molecule has 2 aromatic rings. The van der Waals surface area contributed by atoms with E-state index >= 15 is 0 Å². The van der Waals surface area contributed by atoms with E-state index in [-0.39, 0.29) is 0 Å². The Balaban J connectivity index is 2.13. The van der Waals surface area contributed by atoms with Crippen molar-refractivity contribution in [3.8, 4) is 5.88 Å². The fraction of sp³-hybridized carbons (Fsp3) is 0.167. The third-order valence-electron chi connectivity index (χ3n) is 2.15. The Morgan fingerprint density at radius 2 is 2.17 bits per heavy atom. The van der Waals surface area contributed by atoms with E-state index in [2.05, 4.69) is 31.2 Å². The number of nitrogens with one attached hydrogen (secondary N) is 1. The fourth-order valence-electron chi connectivity index (χ4n) is 1.37. The molecule has 0 aromatic carbocycles. The molecule has 94 valence electrons. The molecule has 0 aliphatic rings. The number of pyridine rings is 2. The molecular formula is C12H13BrN4O. The molecule has 0 unspecified atom stereocenters. The van der Waals surface area contributed by atoms with Gasteiger partial charge in [0.25, 0.3) is 0 Å². The van der Waals surface area contributed by atoms with E-state index in [0.717, 1.165) is 10.2 Å². The number of hydrogen-bond acceptors (Lipinski definition) is 5. The normalized spacial score (nSPS) is 10.1. The fourth-order valence-corrected chi connectivity index (χ4v) is 1.83. The van der Waals surface area contributed by atoms with Crippen LogP contribution in [0, 0.1) is 0 Å². The van der Waals surface area contributed by atoms with Crippen LogP contribution < -0.4 is 15.8 Å².